The van der Waals surface area contributed by atoms with Gasteiger partial charge in [-0.1, -0.05) is 23.8 Å². The monoisotopic (exact) mass is 515 g/mol. The van der Waals surface area contributed by atoms with Crippen LogP contribution in [0.4, 0.5) is 0 Å². The van der Waals surface area contributed by atoms with Crippen molar-refractivity contribution in [2.45, 2.75) is 62.7 Å². The molecule has 0 N–H and O–H groups in total. The van der Waals surface area contributed by atoms with Crippen LogP contribution >= 0.6 is 0 Å². The zero-order valence-electron chi connectivity index (χ0n) is 20.4. The summed E-state index contributed by atoms with van der Waals surface area (Å²) in [6.45, 7) is 4.89. The highest BCUT2D eigenvalue weighted by molar-refractivity contribution is 7.89. The van der Waals surface area contributed by atoms with Crippen LogP contribution < -0.4 is 9.47 Å². The van der Waals surface area contributed by atoms with E-state index in [9.17, 15) is 18.0 Å². The van der Waals surface area contributed by atoms with Crippen LogP contribution in [-0.4, -0.2) is 56.2 Å². The Bertz CT molecular complexity index is 1280. The van der Waals surface area contributed by atoms with Crippen LogP contribution in [0.3, 0.4) is 0 Å². The normalized spacial score (nSPS) is 27.4. The fourth-order valence-electron chi connectivity index (χ4n) is 5.66. The van der Waals surface area contributed by atoms with Crippen LogP contribution in [0.25, 0.3) is 0 Å². The lowest BCUT2D eigenvalue weighted by Crippen LogP contribution is -2.49. The van der Waals surface area contributed by atoms with Gasteiger partial charge in [0.1, 0.15) is 12.2 Å². The lowest BCUT2D eigenvalue weighted by atomic mass is 9.75. The van der Waals surface area contributed by atoms with Crippen molar-refractivity contribution in [1.82, 2.24) is 4.31 Å². The van der Waals surface area contributed by atoms with Crippen molar-refractivity contribution in [2.75, 3.05) is 13.3 Å². The van der Waals surface area contributed by atoms with E-state index in [2.05, 4.69) is 0 Å². The van der Waals surface area contributed by atoms with Crippen LogP contribution in [0, 0.1) is 12.8 Å². The van der Waals surface area contributed by atoms with Crippen LogP contribution in [-0.2, 0) is 29.1 Å². The van der Waals surface area contributed by atoms with Crippen LogP contribution in [0.5, 0.6) is 11.5 Å². The van der Waals surface area contributed by atoms with E-state index in [0.717, 1.165) is 11.1 Å². The number of benzene rings is 2. The second-order valence-corrected chi connectivity index (χ2v) is 11.5. The molecule has 10 heteroatoms. The van der Waals surface area contributed by atoms with E-state index in [1.165, 1.54) is 18.2 Å². The van der Waals surface area contributed by atoms with E-state index in [1.807, 2.05) is 25.1 Å². The molecule has 2 aromatic carbocycles. The lowest BCUT2D eigenvalue weighted by Gasteiger charge is -2.40. The fraction of sp³-hybridized carbons (Fsp3) is 0.462. The molecule has 0 aromatic heterocycles. The summed E-state index contributed by atoms with van der Waals surface area (Å²) in [6.07, 6.45) is -0.805. The van der Waals surface area contributed by atoms with Crippen molar-refractivity contribution in [3.8, 4) is 11.5 Å². The molecular formula is C26H29NO8S. The Morgan fingerprint density at radius 3 is 2.22 bits per heavy atom. The first-order chi connectivity index (χ1) is 17.1. The van der Waals surface area contributed by atoms with E-state index in [0.29, 0.717) is 17.9 Å². The number of carbonyl (C=O) groups is 2. The third-order valence-electron chi connectivity index (χ3n) is 7.24. The minimum Gasteiger partial charge on any atom is -0.459 e. The summed E-state index contributed by atoms with van der Waals surface area (Å²) >= 11 is 0. The third-order valence-corrected chi connectivity index (χ3v) is 9.14. The minimum absolute atomic E-state index is 0.141. The van der Waals surface area contributed by atoms with Gasteiger partial charge < -0.3 is 18.9 Å². The quantitative estimate of drug-likeness (QED) is 0.559. The van der Waals surface area contributed by atoms with Crippen molar-refractivity contribution in [2.24, 2.45) is 5.92 Å². The zero-order chi connectivity index (χ0) is 25.6. The molecule has 1 saturated carbocycles. The number of sulfonamides is 1. The van der Waals surface area contributed by atoms with Crippen molar-refractivity contribution >= 4 is 22.0 Å². The van der Waals surface area contributed by atoms with Gasteiger partial charge in [0.25, 0.3) is 0 Å². The van der Waals surface area contributed by atoms with Gasteiger partial charge >= 0.3 is 11.9 Å². The first kappa shape index (κ1) is 24.6. The number of hydrogen-bond acceptors (Lipinski definition) is 8. The summed E-state index contributed by atoms with van der Waals surface area (Å²) in [5.41, 5.74) is 1.88. The average Bonchev–Trinajstić information content (AvgIpc) is 3.43. The molecule has 2 aromatic rings. The number of esters is 2. The Morgan fingerprint density at radius 1 is 0.917 bits per heavy atom. The summed E-state index contributed by atoms with van der Waals surface area (Å²) in [4.78, 5) is 23.9. The van der Waals surface area contributed by atoms with Gasteiger partial charge in [0.2, 0.25) is 16.8 Å². The lowest BCUT2D eigenvalue weighted by molar-refractivity contribution is -0.172. The second kappa shape index (κ2) is 9.40. The first-order valence-electron chi connectivity index (χ1n) is 12.0. The Balaban J connectivity index is 1.54. The van der Waals surface area contributed by atoms with Crippen molar-refractivity contribution in [3.63, 3.8) is 0 Å². The summed E-state index contributed by atoms with van der Waals surface area (Å²) in [7, 11) is -3.84. The number of nitrogens with zero attached hydrogens (tertiary/aromatic N) is 1. The summed E-state index contributed by atoms with van der Waals surface area (Å²) < 4.78 is 51.3. The Hall–Kier alpha value is -3.11. The van der Waals surface area contributed by atoms with E-state index in [1.54, 1.807) is 24.3 Å². The smallest absolute Gasteiger partial charge is 0.303 e. The minimum atomic E-state index is -3.84. The molecule has 2 fully saturated rings. The Kier molecular flexibility index (Phi) is 6.42. The molecule has 1 saturated heterocycles. The number of aryl methyl sites for hydroxylation is 1. The van der Waals surface area contributed by atoms with Crippen molar-refractivity contribution in [3.05, 3.63) is 53.6 Å². The number of fused-ring (bicyclic) bond motifs is 2. The highest BCUT2D eigenvalue weighted by atomic mass is 32.2. The van der Waals surface area contributed by atoms with Gasteiger partial charge in [-0.3, -0.25) is 9.59 Å². The van der Waals surface area contributed by atoms with E-state index in [-0.39, 0.29) is 36.5 Å². The molecule has 192 valence electrons. The molecule has 0 spiro atoms. The van der Waals surface area contributed by atoms with Gasteiger partial charge in [-0.05, 0) is 49.1 Å². The van der Waals surface area contributed by atoms with Crippen LogP contribution in [0.15, 0.2) is 47.4 Å². The van der Waals surface area contributed by atoms with Gasteiger partial charge in [-0.25, -0.2) is 8.42 Å². The van der Waals surface area contributed by atoms with Crippen LogP contribution in [0.2, 0.25) is 0 Å². The standard InChI is InChI=1S/C26H29NO8S/c1-15-4-7-19(8-5-15)36(30,31)27-13-21(18-6-9-23-24(10-18)33-14-32-23)20-11-25(34-16(2)28)26(12-22(20)27)35-17(3)29/h4-10,20-22,25-26H,11-14H2,1-3H3/t20-,21-,22-,25+,26-/m0/s1. The van der Waals surface area contributed by atoms with Crippen LogP contribution in [0.1, 0.15) is 43.7 Å². The number of carbonyl (C=O) groups excluding carboxylic acids is 2. The van der Waals surface area contributed by atoms with E-state index >= 15 is 0 Å². The predicted molar refractivity (Wildman–Crippen MR) is 128 cm³/mol. The maximum absolute atomic E-state index is 13.8. The van der Waals surface area contributed by atoms with Gasteiger partial charge in [0.15, 0.2) is 11.5 Å². The van der Waals surface area contributed by atoms with Crippen molar-refractivity contribution in [1.29, 1.82) is 0 Å². The Labute approximate surface area is 210 Å². The van der Waals surface area contributed by atoms with Crippen molar-refractivity contribution < 1.29 is 37.0 Å². The third kappa shape index (κ3) is 4.55. The maximum Gasteiger partial charge on any atom is 0.303 e. The zero-order valence-corrected chi connectivity index (χ0v) is 21.2. The SMILES string of the molecule is CC(=O)O[C@H]1C[C@H]2[C@@H](C[C@H]1OC(C)=O)[C@H](c1ccc3c(c1)OCO3)CN2S(=O)(=O)c1ccc(C)cc1. The van der Waals surface area contributed by atoms with Gasteiger partial charge in [0.05, 0.1) is 4.90 Å². The maximum atomic E-state index is 13.8. The summed E-state index contributed by atoms with van der Waals surface area (Å²) in [5.74, 6) is -0.0585. The number of hydrogen-bond donors (Lipinski definition) is 0. The summed E-state index contributed by atoms with van der Waals surface area (Å²) in [6, 6.07) is 12.0. The Morgan fingerprint density at radius 2 is 1.56 bits per heavy atom. The molecule has 0 radical (unpaired) electrons. The molecule has 3 aliphatic rings. The molecule has 2 aliphatic heterocycles. The van der Waals surface area contributed by atoms with Gasteiger partial charge in [-0.2, -0.15) is 4.31 Å². The molecule has 5 rings (SSSR count). The topological polar surface area (TPSA) is 108 Å². The highest BCUT2D eigenvalue weighted by Crippen LogP contribution is 2.49. The number of rotatable bonds is 5. The predicted octanol–water partition coefficient (Wildman–Crippen LogP) is 3.15. The molecule has 0 amide bonds. The highest BCUT2D eigenvalue weighted by Gasteiger charge is 2.54. The van der Waals surface area contributed by atoms with Gasteiger partial charge in [-0.15, -0.1) is 0 Å². The molecule has 5 atom stereocenters. The molecule has 2 heterocycles. The average molecular weight is 516 g/mol. The van der Waals surface area contributed by atoms with E-state index in [4.69, 9.17) is 18.9 Å². The summed E-state index contributed by atoms with van der Waals surface area (Å²) in [5, 5.41) is 0. The largest absolute Gasteiger partial charge is 0.459 e. The molecule has 1 aliphatic carbocycles. The molecule has 0 unspecified atom stereocenters. The molecule has 36 heavy (non-hydrogen) atoms. The molecule has 0 bridgehead atoms. The fourth-order valence-corrected chi connectivity index (χ4v) is 7.37. The first-order valence-corrected chi connectivity index (χ1v) is 13.4. The molecule has 9 nitrogen and oxygen atoms in total. The van der Waals surface area contributed by atoms with E-state index < -0.39 is 40.2 Å². The number of ether oxygens (including phenoxy) is 4. The van der Waals surface area contributed by atoms with Gasteiger partial charge in [0, 0.05) is 38.8 Å². The second-order valence-electron chi connectivity index (χ2n) is 9.61. The molecular weight excluding hydrogens is 486 g/mol.